The van der Waals surface area contributed by atoms with Crippen molar-refractivity contribution in [2.45, 2.75) is 0 Å². The lowest BCUT2D eigenvalue weighted by Gasteiger charge is -2.10. The Morgan fingerprint density at radius 1 is 1.07 bits per heavy atom. The van der Waals surface area contributed by atoms with E-state index in [1.54, 1.807) is 23.5 Å². The highest BCUT2D eigenvalue weighted by Crippen LogP contribution is 2.35. The first-order valence-electron chi connectivity index (χ1n) is 8.16. The van der Waals surface area contributed by atoms with Crippen molar-refractivity contribution < 1.29 is 4.39 Å². The van der Waals surface area contributed by atoms with E-state index >= 15 is 0 Å². The standard InChI is InChI=1S/C19H11ClFN5S/c20-14-8-11(2-4-15(14)21)23-19-18-13(5-6-27-18)12-3-1-10(7-16(12)24-19)17-9-22-26-25-17/h1-8H,9H2,(H,23,24). The molecule has 0 spiro atoms. The molecule has 0 fully saturated rings. The first-order chi connectivity index (χ1) is 13.2. The summed E-state index contributed by atoms with van der Waals surface area (Å²) in [6, 6.07) is 12.7. The van der Waals surface area contributed by atoms with Gasteiger partial charge in [-0.1, -0.05) is 23.7 Å². The van der Waals surface area contributed by atoms with Crippen LogP contribution < -0.4 is 5.32 Å². The number of nitrogens with one attached hydrogen (secondary N) is 1. The molecule has 1 N–H and O–H groups in total. The number of pyridine rings is 1. The normalized spacial score (nSPS) is 13.5. The zero-order valence-corrected chi connectivity index (χ0v) is 15.4. The van der Waals surface area contributed by atoms with E-state index in [0.717, 1.165) is 32.3 Å². The molecule has 5 rings (SSSR count). The van der Waals surface area contributed by atoms with Gasteiger partial charge in [0.25, 0.3) is 0 Å². The predicted molar refractivity (Wildman–Crippen MR) is 108 cm³/mol. The highest BCUT2D eigenvalue weighted by molar-refractivity contribution is 7.18. The van der Waals surface area contributed by atoms with Crippen LogP contribution in [-0.2, 0) is 0 Å². The summed E-state index contributed by atoms with van der Waals surface area (Å²) in [6.45, 7) is 0.478. The Balaban J connectivity index is 1.65. The van der Waals surface area contributed by atoms with E-state index in [2.05, 4.69) is 26.8 Å². The summed E-state index contributed by atoms with van der Waals surface area (Å²) in [6.07, 6.45) is 0. The van der Waals surface area contributed by atoms with Crippen LogP contribution in [0.3, 0.4) is 0 Å². The minimum atomic E-state index is -0.451. The second-order valence-electron chi connectivity index (χ2n) is 6.05. The summed E-state index contributed by atoms with van der Waals surface area (Å²) in [4.78, 5) is 4.80. The summed E-state index contributed by atoms with van der Waals surface area (Å²) >= 11 is 7.50. The fraction of sp³-hybridized carbons (Fsp3) is 0.0526. The average Bonchev–Trinajstić information content (AvgIpc) is 3.36. The molecule has 0 radical (unpaired) electrons. The molecule has 0 saturated carbocycles. The summed E-state index contributed by atoms with van der Waals surface area (Å²) < 4.78 is 14.5. The van der Waals surface area contributed by atoms with Crippen LogP contribution in [0.2, 0.25) is 5.02 Å². The molecule has 0 unspecified atom stereocenters. The summed E-state index contributed by atoms with van der Waals surface area (Å²) in [5.74, 6) is 0.253. The van der Waals surface area contributed by atoms with Crippen LogP contribution in [0.25, 0.3) is 21.0 Å². The van der Waals surface area contributed by atoms with Gasteiger partial charge in [0, 0.05) is 22.0 Å². The number of anilines is 2. The number of benzene rings is 2. The van der Waals surface area contributed by atoms with Crippen molar-refractivity contribution in [2.24, 2.45) is 15.4 Å². The van der Waals surface area contributed by atoms with Gasteiger partial charge in [0.05, 0.1) is 21.0 Å². The first kappa shape index (κ1) is 16.3. The largest absolute Gasteiger partial charge is 0.339 e. The summed E-state index contributed by atoms with van der Waals surface area (Å²) in [5, 5.41) is 19.2. The Morgan fingerprint density at radius 2 is 2.00 bits per heavy atom. The van der Waals surface area contributed by atoms with Crippen molar-refractivity contribution in [3.05, 3.63) is 64.2 Å². The van der Waals surface area contributed by atoms with Crippen molar-refractivity contribution in [2.75, 3.05) is 11.9 Å². The number of aromatic nitrogens is 1. The second kappa shape index (κ2) is 6.37. The lowest BCUT2D eigenvalue weighted by Crippen LogP contribution is -2.02. The Bertz CT molecular complexity index is 1260. The molecule has 132 valence electrons. The third-order valence-corrected chi connectivity index (χ3v) is 5.58. The van der Waals surface area contributed by atoms with Crippen molar-refractivity contribution in [1.82, 2.24) is 4.98 Å². The van der Waals surface area contributed by atoms with Gasteiger partial charge in [-0.05, 0) is 40.9 Å². The summed E-state index contributed by atoms with van der Waals surface area (Å²) in [7, 11) is 0. The Hall–Kier alpha value is -2.90. The molecular formula is C19H11ClFN5S. The molecule has 0 saturated heterocycles. The maximum absolute atomic E-state index is 13.4. The third kappa shape index (κ3) is 2.85. The van der Waals surface area contributed by atoms with Gasteiger partial charge < -0.3 is 5.32 Å². The van der Waals surface area contributed by atoms with E-state index < -0.39 is 5.82 Å². The Labute approximate surface area is 162 Å². The lowest BCUT2D eigenvalue weighted by atomic mass is 10.1. The van der Waals surface area contributed by atoms with Gasteiger partial charge >= 0.3 is 0 Å². The zero-order chi connectivity index (χ0) is 18.4. The first-order valence-corrected chi connectivity index (χ1v) is 9.41. The van der Waals surface area contributed by atoms with Gasteiger partial charge in [-0.2, -0.15) is 5.11 Å². The Morgan fingerprint density at radius 3 is 2.81 bits per heavy atom. The van der Waals surface area contributed by atoms with Crippen molar-refractivity contribution in [3.8, 4) is 0 Å². The molecule has 8 heteroatoms. The quantitative estimate of drug-likeness (QED) is 0.451. The van der Waals surface area contributed by atoms with Crippen LogP contribution >= 0.6 is 22.9 Å². The number of rotatable bonds is 3. The topological polar surface area (TPSA) is 62.0 Å². The van der Waals surface area contributed by atoms with Gasteiger partial charge in [0.15, 0.2) is 0 Å². The van der Waals surface area contributed by atoms with Crippen LogP contribution in [0.15, 0.2) is 63.3 Å². The molecule has 3 heterocycles. The molecular weight excluding hydrogens is 385 g/mol. The molecule has 4 aromatic rings. The number of halogens is 2. The van der Waals surface area contributed by atoms with Gasteiger partial charge in [0.1, 0.15) is 18.2 Å². The van der Waals surface area contributed by atoms with Gasteiger partial charge in [0.2, 0.25) is 0 Å². The van der Waals surface area contributed by atoms with E-state index in [1.165, 1.54) is 6.07 Å². The number of hydrogen-bond donors (Lipinski definition) is 1. The van der Waals surface area contributed by atoms with E-state index in [-0.39, 0.29) is 5.02 Å². The van der Waals surface area contributed by atoms with Crippen LogP contribution in [0.4, 0.5) is 15.9 Å². The molecule has 27 heavy (non-hydrogen) atoms. The molecule has 0 atom stereocenters. The molecule has 0 amide bonds. The van der Waals surface area contributed by atoms with Crippen LogP contribution in [-0.4, -0.2) is 17.2 Å². The van der Waals surface area contributed by atoms with Crippen molar-refractivity contribution in [3.63, 3.8) is 0 Å². The lowest BCUT2D eigenvalue weighted by molar-refractivity contribution is 0.628. The molecule has 2 aromatic heterocycles. The number of thiophene rings is 1. The second-order valence-corrected chi connectivity index (χ2v) is 7.37. The molecule has 0 aliphatic carbocycles. The van der Waals surface area contributed by atoms with E-state index in [1.807, 2.05) is 23.6 Å². The molecule has 1 aliphatic rings. The molecule has 0 bridgehead atoms. The highest BCUT2D eigenvalue weighted by Gasteiger charge is 2.14. The summed E-state index contributed by atoms with van der Waals surface area (Å²) in [5.41, 5.74) is 3.29. The van der Waals surface area contributed by atoms with Gasteiger partial charge in [-0.25, -0.2) is 9.37 Å². The van der Waals surface area contributed by atoms with Gasteiger partial charge in [-0.15, -0.1) is 16.4 Å². The maximum Gasteiger partial charge on any atom is 0.149 e. The highest BCUT2D eigenvalue weighted by atomic mass is 35.5. The van der Waals surface area contributed by atoms with Crippen LogP contribution in [0.5, 0.6) is 0 Å². The number of fused-ring (bicyclic) bond motifs is 3. The van der Waals surface area contributed by atoms with Crippen molar-refractivity contribution >= 4 is 61.1 Å². The van der Waals surface area contributed by atoms with Gasteiger partial charge in [-0.3, -0.25) is 0 Å². The number of hydrogen-bond acceptors (Lipinski definition) is 6. The molecule has 5 nitrogen and oxygen atoms in total. The fourth-order valence-electron chi connectivity index (χ4n) is 3.07. The monoisotopic (exact) mass is 395 g/mol. The Kier molecular flexibility index (Phi) is 3.84. The van der Waals surface area contributed by atoms with Crippen molar-refractivity contribution in [1.29, 1.82) is 0 Å². The SMILES string of the molecule is Fc1ccc(Nc2nc3cc(C4=NN=NC4)ccc3c3ccsc23)cc1Cl. The number of nitrogens with zero attached hydrogens (tertiary/aromatic N) is 4. The minimum Gasteiger partial charge on any atom is -0.339 e. The predicted octanol–water partition coefficient (Wildman–Crippen LogP) is 6.16. The van der Waals surface area contributed by atoms with Crippen LogP contribution in [0, 0.1) is 5.82 Å². The average molecular weight is 396 g/mol. The van der Waals surface area contributed by atoms with E-state index in [9.17, 15) is 4.39 Å². The zero-order valence-electron chi connectivity index (χ0n) is 13.8. The molecule has 2 aromatic carbocycles. The smallest absolute Gasteiger partial charge is 0.149 e. The van der Waals surface area contributed by atoms with E-state index in [0.29, 0.717) is 18.1 Å². The maximum atomic E-state index is 13.4. The third-order valence-electron chi connectivity index (χ3n) is 4.37. The molecule has 1 aliphatic heterocycles. The fourth-order valence-corrected chi connectivity index (χ4v) is 4.10. The van der Waals surface area contributed by atoms with E-state index in [4.69, 9.17) is 16.6 Å². The van der Waals surface area contributed by atoms with Crippen LogP contribution in [0.1, 0.15) is 5.56 Å². The minimum absolute atomic E-state index is 0.0669.